The summed E-state index contributed by atoms with van der Waals surface area (Å²) in [5.41, 5.74) is 1.63. The van der Waals surface area contributed by atoms with Crippen molar-refractivity contribution in [1.29, 1.82) is 0 Å². The van der Waals surface area contributed by atoms with Gasteiger partial charge in [0.1, 0.15) is 16.4 Å². The van der Waals surface area contributed by atoms with Gasteiger partial charge >= 0.3 is 6.61 Å². The number of halogens is 2. The smallest absolute Gasteiger partial charge is 0.387 e. The maximum absolute atomic E-state index is 12.5. The first-order valence-corrected chi connectivity index (χ1v) is 9.49. The number of carbonyl (C=O) groups excluding carboxylic acids is 1. The number of anilines is 1. The zero-order valence-electron chi connectivity index (χ0n) is 14.7. The minimum atomic E-state index is -2.99. The number of hydrogen-bond donors (Lipinski definition) is 1. The van der Waals surface area contributed by atoms with Crippen molar-refractivity contribution >= 4 is 33.7 Å². The van der Waals surface area contributed by atoms with Gasteiger partial charge in [-0.3, -0.25) is 10.1 Å². The summed E-state index contributed by atoms with van der Waals surface area (Å²) < 4.78 is 34.6. The van der Waals surface area contributed by atoms with Crippen molar-refractivity contribution in [3.63, 3.8) is 0 Å². The molecule has 2 aromatic heterocycles. The van der Waals surface area contributed by atoms with Crippen molar-refractivity contribution in [3.05, 3.63) is 45.0 Å². The summed E-state index contributed by atoms with van der Waals surface area (Å²) in [6.45, 7) is 0.622. The lowest BCUT2D eigenvalue weighted by atomic mass is 10.1. The number of hydrogen-bond acceptors (Lipinski definition) is 6. The Bertz CT molecular complexity index is 952. The van der Waals surface area contributed by atoms with Gasteiger partial charge in [-0.05, 0) is 44.2 Å². The SMILES string of the molecule is COc1ccc(-c2nc(NC(=O)c3sc(C)cc3OC(F)F)sc2C)cc1. The van der Waals surface area contributed by atoms with E-state index in [4.69, 9.17) is 4.74 Å². The van der Waals surface area contributed by atoms with E-state index >= 15 is 0 Å². The number of carbonyl (C=O) groups is 1. The van der Waals surface area contributed by atoms with Gasteiger partial charge < -0.3 is 9.47 Å². The predicted molar refractivity (Wildman–Crippen MR) is 102 cm³/mol. The Balaban J connectivity index is 1.81. The fourth-order valence-corrected chi connectivity index (χ4v) is 4.12. The Hall–Kier alpha value is -2.52. The molecular formula is C18H16F2N2O3S2. The number of ether oxygens (including phenoxy) is 2. The van der Waals surface area contributed by atoms with Gasteiger partial charge in [-0.15, -0.1) is 22.7 Å². The zero-order chi connectivity index (χ0) is 19.6. The van der Waals surface area contributed by atoms with E-state index in [1.54, 1.807) is 14.0 Å². The van der Waals surface area contributed by atoms with Crippen molar-refractivity contribution in [2.75, 3.05) is 12.4 Å². The van der Waals surface area contributed by atoms with Crippen molar-refractivity contribution in [2.45, 2.75) is 20.5 Å². The van der Waals surface area contributed by atoms with Gasteiger partial charge in [-0.2, -0.15) is 8.78 Å². The molecule has 9 heteroatoms. The van der Waals surface area contributed by atoms with Crippen molar-refractivity contribution in [2.24, 2.45) is 0 Å². The summed E-state index contributed by atoms with van der Waals surface area (Å²) in [5.74, 6) is 0.0761. The summed E-state index contributed by atoms with van der Waals surface area (Å²) in [6, 6.07) is 8.83. The number of aryl methyl sites for hydroxylation is 2. The molecule has 0 bridgehead atoms. The highest BCUT2D eigenvalue weighted by Crippen LogP contribution is 2.34. The lowest BCUT2D eigenvalue weighted by Crippen LogP contribution is -2.12. The highest BCUT2D eigenvalue weighted by Gasteiger charge is 2.21. The number of methoxy groups -OCH3 is 1. The Morgan fingerprint density at radius 3 is 2.52 bits per heavy atom. The number of nitrogens with one attached hydrogen (secondary N) is 1. The normalized spacial score (nSPS) is 10.9. The topological polar surface area (TPSA) is 60.5 Å². The van der Waals surface area contributed by atoms with Crippen molar-refractivity contribution in [1.82, 2.24) is 4.98 Å². The fourth-order valence-electron chi connectivity index (χ4n) is 2.45. The van der Waals surface area contributed by atoms with Gasteiger partial charge in [0.05, 0.1) is 12.8 Å². The van der Waals surface area contributed by atoms with Crippen LogP contribution < -0.4 is 14.8 Å². The predicted octanol–water partition coefficient (Wildman–Crippen LogP) is 5.35. The molecule has 0 atom stereocenters. The number of benzene rings is 1. The van der Waals surface area contributed by atoms with Crippen LogP contribution in [0.25, 0.3) is 11.3 Å². The lowest BCUT2D eigenvalue weighted by molar-refractivity contribution is -0.0498. The molecule has 0 radical (unpaired) electrons. The van der Waals surface area contributed by atoms with E-state index in [1.165, 1.54) is 17.4 Å². The van der Waals surface area contributed by atoms with E-state index in [0.29, 0.717) is 10.0 Å². The highest BCUT2D eigenvalue weighted by molar-refractivity contribution is 7.16. The van der Waals surface area contributed by atoms with Crippen LogP contribution in [0.1, 0.15) is 19.4 Å². The molecule has 0 unspecified atom stereocenters. The number of aromatic nitrogens is 1. The van der Waals surface area contributed by atoms with Gasteiger partial charge in [-0.25, -0.2) is 4.98 Å². The molecule has 0 fully saturated rings. The molecule has 0 aliphatic carbocycles. The number of nitrogens with zero attached hydrogens (tertiary/aromatic N) is 1. The first kappa shape index (κ1) is 19.2. The van der Waals surface area contributed by atoms with Crippen molar-refractivity contribution in [3.8, 4) is 22.8 Å². The molecule has 0 spiro atoms. The maximum Gasteiger partial charge on any atom is 0.387 e. The third-order valence-electron chi connectivity index (χ3n) is 3.62. The molecular weight excluding hydrogens is 394 g/mol. The van der Waals surface area contributed by atoms with Crippen LogP contribution in [0.2, 0.25) is 0 Å². The first-order chi connectivity index (χ1) is 12.9. The minimum Gasteiger partial charge on any atom is -0.497 e. The average molecular weight is 410 g/mol. The molecule has 27 heavy (non-hydrogen) atoms. The standard InChI is InChI=1S/C18H16F2N2O3S2/c1-9-8-13(25-17(19)20)15(26-9)16(23)22-18-21-14(10(2)27-18)11-4-6-12(24-3)7-5-11/h4-8,17H,1-3H3,(H,21,22,23). The summed E-state index contributed by atoms with van der Waals surface area (Å²) in [7, 11) is 1.59. The number of alkyl halides is 2. The Kier molecular flexibility index (Phi) is 5.71. The van der Waals surface area contributed by atoms with E-state index in [9.17, 15) is 13.6 Å². The van der Waals surface area contributed by atoms with Crippen LogP contribution in [0.3, 0.4) is 0 Å². The van der Waals surface area contributed by atoms with Crippen LogP contribution >= 0.6 is 22.7 Å². The van der Waals surface area contributed by atoms with Crippen LogP contribution in [0.4, 0.5) is 13.9 Å². The summed E-state index contributed by atoms with van der Waals surface area (Å²) in [6.07, 6.45) is 0. The molecule has 2 heterocycles. The van der Waals surface area contributed by atoms with E-state index in [0.717, 1.165) is 33.2 Å². The van der Waals surface area contributed by atoms with Crippen LogP contribution in [-0.4, -0.2) is 24.6 Å². The Labute approximate surface area is 162 Å². The maximum atomic E-state index is 12.5. The molecule has 3 rings (SSSR count). The minimum absolute atomic E-state index is 0.0895. The molecule has 0 saturated carbocycles. The van der Waals surface area contributed by atoms with Crippen LogP contribution in [0.15, 0.2) is 30.3 Å². The van der Waals surface area contributed by atoms with Gasteiger partial charge in [-0.1, -0.05) is 0 Å². The number of thiophene rings is 1. The second-order valence-corrected chi connectivity index (χ2v) is 7.99. The first-order valence-electron chi connectivity index (χ1n) is 7.86. The molecule has 1 aromatic carbocycles. The molecule has 5 nitrogen and oxygen atoms in total. The van der Waals surface area contributed by atoms with E-state index in [2.05, 4.69) is 15.0 Å². The number of rotatable bonds is 6. The van der Waals surface area contributed by atoms with E-state index in [-0.39, 0.29) is 10.6 Å². The molecule has 3 aromatic rings. The quantitative estimate of drug-likeness (QED) is 0.595. The Morgan fingerprint density at radius 2 is 1.89 bits per heavy atom. The third kappa shape index (κ3) is 4.42. The fraction of sp³-hybridized carbons (Fsp3) is 0.222. The second kappa shape index (κ2) is 8.01. The largest absolute Gasteiger partial charge is 0.497 e. The molecule has 1 N–H and O–H groups in total. The van der Waals surface area contributed by atoms with Crippen LogP contribution in [-0.2, 0) is 0 Å². The molecule has 0 aliphatic rings. The molecule has 0 aliphatic heterocycles. The van der Waals surface area contributed by atoms with Gasteiger partial charge in [0.2, 0.25) is 0 Å². The summed E-state index contributed by atoms with van der Waals surface area (Å²) in [4.78, 5) is 18.7. The Morgan fingerprint density at radius 1 is 1.19 bits per heavy atom. The van der Waals surface area contributed by atoms with Gasteiger partial charge in [0.25, 0.3) is 5.91 Å². The van der Waals surface area contributed by atoms with Gasteiger partial charge in [0.15, 0.2) is 5.13 Å². The molecule has 0 saturated heterocycles. The van der Waals surface area contributed by atoms with Gasteiger partial charge in [0, 0.05) is 15.3 Å². The number of thiazole rings is 1. The zero-order valence-corrected chi connectivity index (χ0v) is 16.3. The molecule has 1 amide bonds. The highest BCUT2D eigenvalue weighted by atomic mass is 32.1. The van der Waals surface area contributed by atoms with E-state index in [1.807, 2.05) is 31.2 Å². The van der Waals surface area contributed by atoms with Crippen LogP contribution in [0, 0.1) is 13.8 Å². The average Bonchev–Trinajstić information content (AvgIpc) is 3.16. The van der Waals surface area contributed by atoms with Crippen molar-refractivity contribution < 1.29 is 23.0 Å². The lowest BCUT2D eigenvalue weighted by Gasteiger charge is -2.05. The molecule has 142 valence electrons. The van der Waals surface area contributed by atoms with E-state index < -0.39 is 12.5 Å². The second-order valence-electron chi connectivity index (χ2n) is 5.54. The summed E-state index contributed by atoms with van der Waals surface area (Å²) in [5, 5.41) is 3.05. The van der Waals surface area contributed by atoms with Crippen LogP contribution in [0.5, 0.6) is 11.5 Å². The number of amides is 1. The summed E-state index contributed by atoms with van der Waals surface area (Å²) >= 11 is 2.40. The third-order valence-corrected chi connectivity index (χ3v) is 5.54. The monoisotopic (exact) mass is 410 g/mol.